The molecule has 1 aliphatic rings. The minimum absolute atomic E-state index is 0.268. The fourth-order valence-electron chi connectivity index (χ4n) is 1.74. The van der Waals surface area contributed by atoms with Gasteiger partial charge in [-0.15, -0.1) is 0 Å². The van der Waals surface area contributed by atoms with E-state index in [4.69, 9.17) is 47.0 Å². The summed E-state index contributed by atoms with van der Waals surface area (Å²) in [5, 5.41) is 3.59. The zero-order chi connectivity index (χ0) is 18.3. The zero-order valence-corrected chi connectivity index (χ0v) is 14.3. The molecule has 0 bridgehead atoms. The second kappa shape index (κ2) is 6.66. The predicted octanol–water partition coefficient (Wildman–Crippen LogP) is 3.57. The van der Waals surface area contributed by atoms with E-state index in [1.165, 1.54) is 12.2 Å². The topological polar surface area (TPSA) is 49.1 Å². The van der Waals surface area contributed by atoms with Gasteiger partial charge in [0.25, 0.3) is 3.92 Å². The smallest absolute Gasteiger partial charge is 0.451 e. The Hall–Kier alpha value is -1.10. The van der Waals surface area contributed by atoms with Crippen LogP contribution in [0.4, 0.5) is 17.6 Å². The SMILES string of the molecule is O=c1n(C2C=CC=C(OC(F)C(F)(F)F)C2=S)cnn1C(Cl)(Cl)Cl. The summed E-state index contributed by atoms with van der Waals surface area (Å²) in [5.74, 6) is -0.546. The van der Waals surface area contributed by atoms with Gasteiger partial charge in [0.2, 0.25) is 0 Å². The van der Waals surface area contributed by atoms with Gasteiger partial charge < -0.3 is 4.74 Å². The molecule has 0 amide bonds. The van der Waals surface area contributed by atoms with Crippen LogP contribution in [-0.4, -0.2) is 31.7 Å². The first kappa shape index (κ1) is 19.2. The van der Waals surface area contributed by atoms with Gasteiger partial charge in [-0.05, 0) is 6.08 Å². The van der Waals surface area contributed by atoms with E-state index in [2.05, 4.69) is 9.84 Å². The minimum Gasteiger partial charge on any atom is -0.451 e. The van der Waals surface area contributed by atoms with Gasteiger partial charge in [0.1, 0.15) is 12.1 Å². The van der Waals surface area contributed by atoms with Crippen LogP contribution in [0.1, 0.15) is 6.04 Å². The first-order chi connectivity index (χ1) is 10.9. The van der Waals surface area contributed by atoms with E-state index in [-0.39, 0.29) is 4.86 Å². The van der Waals surface area contributed by atoms with Gasteiger partial charge in [0.15, 0.2) is 0 Å². The molecule has 5 nitrogen and oxygen atoms in total. The number of hydrogen-bond acceptors (Lipinski definition) is 4. The standard InChI is InChI=1S/C11H6Cl3F4N3O2S/c12-11(13,14)21-9(22)20(4-19-21)5-2-1-3-6(7(5)24)23-8(15)10(16,17)18/h1-5,8H. The molecule has 0 saturated heterocycles. The van der Waals surface area contributed by atoms with Gasteiger partial charge in [0, 0.05) is 0 Å². The van der Waals surface area contributed by atoms with E-state index in [9.17, 15) is 22.4 Å². The lowest BCUT2D eigenvalue weighted by atomic mass is 10.1. The molecule has 1 aromatic heterocycles. The van der Waals surface area contributed by atoms with Crippen LogP contribution in [0, 0.1) is 0 Å². The summed E-state index contributed by atoms with van der Waals surface area (Å²) in [5.41, 5.74) is -0.888. The maximum atomic E-state index is 13.0. The molecule has 2 unspecified atom stereocenters. The number of rotatable bonds is 3. The summed E-state index contributed by atoms with van der Waals surface area (Å²) in [6.45, 7) is 0. The molecular formula is C11H6Cl3F4N3O2S. The van der Waals surface area contributed by atoms with Crippen LogP contribution in [0.3, 0.4) is 0 Å². The number of hydrogen-bond donors (Lipinski definition) is 0. The van der Waals surface area contributed by atoms with E-state index >= 15 is 0 Å². The molecule has 0 aromatic carbocycles. The second-order valence-electron chi connectivity index (χ2n) is 4.40. The third kappa shape index (κ3) is 3.93. The lowest BCUT2D eigenvalue weighted by Crippen LogP contribution is -2.36. The van der Waals surface area contributed by atoms with Crippen molar-refractivity contribution in [3.8, 4) is 0 Å². The van der Waals surface area contributed by atoms with Crippen LogP contribution < -0.4 is 5.69 Å². The predicted molar refractivity (Wildman–Crippen MR) is 82.9 cm³/mol. The van der Waals surface area contributed by atoms with Crippen molar-refractivity contribution in [2.75, 3.05) is 0 Å². The summed E-state index contributed by atoms with van der Waals surface area (Å²) in [4.78, 5) is 11.9. The zero-order valence-electron chi connectivity index (χ0n) is 11.2. The first-order valence-electron chi connectivity index (χ1n) is 5.96. The molecule has 1 heterocycles. The van der Waals surface area contributed by atoms with E-state index < -0.39 is 33.9 Å². The number of thiocarbonyl (C=S) groups is 1. The third-order valence-corrected chi connectivity index (χ3v) is 3.70. The summed E-state index contributed by atoms with van der Waals surface area (Å²) >= 11 is 21.6. The van der Waals surface area contributed by atoms with Crippen LogP contribution >= 0.6 is 47.0 Å². The van der Waals surface area contributed by atoms with Gasteiger partial charge in [-0.25, -0.2) is 4.79 Å². The highest BCUT2D eigenvalue weighted by molar-refractivity contribution is 7.81. The van der Waals surface area contributed by atoms with Gasteiger partial charge in [-0.3, -0.25) is 4.57 Å². The van der Waals surface area contributed by atoms with Crippen LogP contribution in [0.2, 0.25) is 0 Å². The first-order valence-corrected chi connectivity index (χ1v) is 7.50. The Bertz CT molecular complexity index is 766. The third-order valence-electron chi connectivity index (χ3n) is 2.77. The summed E-state index contributed by atoms with van der Waals surface area (Å²) in [7, 11) is 0. The molecule has 1 aromatic rings. The highest BCUT2D eigenvalue weighted by Gasteiger charge is 2.43. The van der Waals surface area contributed by atoms with Gasteiger partial charge in [-0.2, -0.15) is 27.3 Å². The largest absolute Gasteiger partial charge is 0.457 e. The summed E-state index contributed by atoms with van der Waals surface area (Å²) in [6, 6.07) is -1.06. The van der Waals surface area contributed by atoms with Crippen molar-refractivity contribution in [3.63, 3.8) is 0 Å². The Morgan fingerprint density at radius 1 is 1.33 bits per heavy atom. The van der Waals surface area contributed by atoms with Crippen LogP contribution in [0.25, 0.3) is 0 Å². The van der Waals surface area contributed by atoms with Gasteiger partial charge in [-0.1, -0.05) is 59.2 Å². The molecule has 0 saturated carbocycles. The molecule has 0 N–H and O–H groups in total. The highest BCUT2D eigenvalue weighted by atomic mass is 35.6. The van der Waals surface area contributed by atoms with Crippen molar-refractivity contribution < 1.29 is 22.3 Å². The molecule has 24 heavy (non-hydrogen) atoms. The van der Waals surface area contributed by atoms with E-state index in [0.717, 1.165) is 17.0 Å². The van der Waals surface area contributed by atoms with Gasteiger partial charge >= 0.3 is 18.2 Å². The van der Waals surface area contributed by atoms with Crippen molar-refractivity contribution in [3.05, 3.63) is 40.8 Å². The Kier molecular flexibility index (Phi) is 5.34. The van der Waals surface area contributed by atoms with Crippen molar-refractivity contribution >= 4 is 51.9 Å². The van der Waals surface area contributed by atoms with Crippen molar-refractivity contribution in [2.45, 2.75) is 22.5 Å². The number of allylic oxidation sites excluding steroid dienone is 4. The maximum absolute atomic E-state index is 13.0. The number of ether oxygens (including phenoxy) is 1. The molecule has 2 rings (SSSR count). The molecule has 2 atom stereocenters. The Morgan fingerprint density at radius 3 is 2.46 bits per heavy atom. The van der Waals surface area contributed by atoms with E-state index in [1.807, 2.05) is 0 Å². The molecule has 0 aliphatic heterocycles. The Morgan fingerprint density at radius 2 is 1.96 bits per heavy atom. The molecule has 0 fully saturated rings. The van der Waals surface area contributed by atoms with Crippen LogP contribution in [0.15, 0.2) is 35.1 Å². The van der Waals surface area contributed by atoms with E-state index in [1.54, 1.807) is 0 Å². The average Bonchev–Trinajstić information content (AvgIpc) is 2.81. The van der Waals surface area contributed by atoms with Crippen LogP contribution in [0.5, 0.6) is 0 Å². The Labute approximate surface area is 152 Å². The monoisotopic (exact) mass is 425 g/mol. The summed E-state index contributed by atoms with van der Waals surface area (Å²) < 4.78 is 53.2. The van der Waals surface area contributed by atoms with Crippen LogP contribution in [-0.2, 0) is 8.65 Å². The lowest BCUT2D eigenvalue weighted by Gasteiger charge is -2.23. The van der Waals surface area contributed by atoms with Crippen molar-refractivity contribution in [1.82, 2.24) is 14.3 Å². The fraction of sp³-hybridized carbons (Fsp3) is 0.364. The second-order valence-corrected chi connectivity index (χ2v) is 7.06. The molecular weight excluding hydrogens is 421 g/mol. The number of aromatic nitrogens is 3. The molecule has 13 heteroatoms. The number of alkyl halides is 7. The quantitative estimate of drug-likeness (QED) is 0.421. The van der Waals surface area contributed by atoms with Crippen molar-refractivity contribution in [1.29, 1.82) is 0 Å². The minimum atomic E-state index is -5.22. The molecule has 0 radical (unpaired) electrons. The molecule has 0 spiro atoms. The fourth-order valence-corrected chi connectivity index (χ4v) is 2.39. The maximum Gasteiger partial charge on any atom is 0.457 e. The van der Waals surface area contributed by atoms with E-state index in [0.29, 0.717) is 4.68 Å². The summed E-state index contributed by atoms with van der Waals surface area (Å²) in [6.07, 6.45) is -4.15. The lowest BCUT2D eigenvalue weighted by molar-refractivity contribution is -0.250. The molecule has 1 aliphatic carbocycles. The molecule has 132 valence electrons. The Balaban J connectivity index is 2.28. The van der Waals surface area contributed by atoms with Gasteiger partial charge in [0.05, 0.1) is 10.9 Å². The normalized spacial score (nSPS) is 20.0. The highest BCUT2D eigenvalue weighted by Crippen LogP contribution is 2.31. The average molecular weight is 427 g/mol. The van der Waals surface area contributed by atoms with Crippen molar-refractivity contribution in [2.24, 2.45) is 0 Å². The number of halogens is 7. The number of nitrogens with zero attached hydrogens (tertiary/aromatic N) is 3.